The Labute approximate surface area is 193 Å². The highest BCUT2D eigenvalue weighted by atomic mass is 32.2. The van der Waals surface area contributed by atoms with Gasteiger partial charge < -0.3 is 15.2 Å². The number of ketones is 2. The number of esters is 1. The number of unbranched alkanes of at least 4 members (excludes halogenated alkanes) is 2. The summed E-state index contributed by atoms with van der Waals surface area (Å²) in [5.41, 5.74) is 0. The predicted octanol–water partition coefficient (Wildman–Crippen LogP) is 0.636. The molecule has 1 saturated carbocycles. The molecule has 0 spiro atoms. The maximum atomic E-state index is 12.0. The van der Waals surface area contributed by atoms with Crippen LogP contribution in [-0.4, -0.2) is 71.1 Å². The zero-order valence-corrected chi connectivity index (χ0v) is 19.3. The molecule has 3 rings (SSSR count). The average Bonchev–Trinajstić information content (AvgIpc) is 3.40. The van der Waals surface area contributed by atoms with Gasteiger partial charge in [-0.2, -0.15) is 11.8 Å². The Morgan fingerprint density at radius 3 is 2.59 bits per heavy atom. The number of rotatable bonds is 13. The number of amides is 1. The summed E-state index contributed by atoms with van der Waals surface area (Å²) in [7, 11) is 0. The predicted molar refractivity (Wildman–Crippen MR) is 120 cm³/mol. The normalized spacial score (nSPS) is 27.7. The van der Waals surface area contributed by atoms with E-state index < -0.39 is 12.3 Å². The van der Waals surface area contributed by atoms with E-state index in [1.165, 1.54) is 0 Å². The van der Waals surface area contributed by atoms with Crippen LogP contribution in [0.2, 0.25) is 0 Å². The summed E-state index contributed by atoms with van der Waals surface area (Å²) in [5.74, 6) is 0.0728. The minimum atomic E-state index is -0.619. The number of fused-ring (bicyclic) bond motifs is 1. The number of Topliss-reactive ketones (excluding diaryl/α,β-unsaturated/α-hetero) is 2. The molecule has 2 saturated heterocycles. The lowest BCUT2D eigenvalue weighted by atomic mass is 10.0. The van der Waals surface area contributed by atoms with Crippen LogP contribution in [-0.2, 0) is 23.9 Å². The van der Waals surface area contributed by atoms with Crippen molar-refractivity contribution in [2.45, 2.75) is 87.9 Å². The maximum absolute atomic E-state index is 12.0. The van der Waals surface area contributed by atoms with Crippen LogP contribution >= 0.6 is 11.8 Å². The number of carbonyl (C=O) groups excluding carboxylic acids is 4. The van der Waals surface area contributed by atoms with E-state index in [1.807, 2.05) is 11.8 Å². The van der Waals surface area contributed by atoms with Crippen LogP contribution in [0.25, 0.3) is 0 Å². The van der Waals surface area contributed by atoms with Crippen LogP contribution in [0.3, 0.4) is 0 Å². The Hall–Kier alpha value is -1.49. The number of ether oxygens (including phenoxy) is 1. The molecule has 0 aromatic carbocycles. The Morgan fingerprint density at radius 1 is 1.03 bits per heavy atom. The van der Waals surface area contributed by atoms with Gasteiger partial charge in [-0.3, -0.25) is 29.8 Å². The Morgan fingerprint density at radius 2 is 1.81 bits per heavy atom. The first-order valence-corrected chi connectivity index (χ1v) is 12.8. The van der Waals surface area contributed by atoms with Crippen molar-refractivity contribution >= 4 is 35.2 Å². The number of hydrogen-bond donors (Lipinski definition) is 4. The van der Waals surface area contributed by atoms with E-state index >= 15 is 0 Å². The Kier molecular flexibility index (Phi) is 9.95. The van der Waals surface area contributed by atoms with Crippen LogP contribution in [0, 0.1) is 5.92 Å². The second kappa shape index (κ2) is 12.7. The van der Waals surface area contributed by atoms with Gasteiger partial charge in [-0.05, 0) is 32.1 Å². The van der Waals surface area contributed by atoms with Crippen molar-refractivity contribution in [1.29, 1.82) is 0 Å². The number of hydrogen-bond acceptors (Lipinski definition) is 9. The van der Waals surface area contributed by atoms with Crippen LogP contribution in [0.5, 0.6) is 0 Å². The minimum absolute atomic E-state index is 0.0397. The van der Waals surface area contributed by atoms with E-state index in [0.29, 0.717) is 56.4 Å². The lowest BCUT2D eigenvalue weighted by Crippen LogP contribution is -2.38. The van der Waals surface area contributed by atoms with Crippen LogP contribution in [0.15, 0.2) is 0 Å². The summed E-state index contributed by atoms with van der Waals surface area (Å²) >= 11 is 1.89. The Bertz CT molecular complexity index is 675. The first-order chi connectivity index (χ1) is 15.4. The van der Waals surface area contributed by atoms with Gasteiger partial charge >= 0.3 is 5.97 Å². The highest BCUT2D eigenvalue weighted by Gasteiger charge is 2.42. The van der Waals surface area contributed by atoms with E-state index in [1.54, 1.807) is 0 Å². The fourth-order valence-electron chi connectivity index (χ4n) is 4.58. The quantitative estimate of drug-likeness (QED) is 0.174. The van der Waals surface area contributed by atoms with E-state index in [4.69, 9.17) is 4.74 Å². The molecule has 9 nitrogen and oxygen atoms in total. The summed E-state index contributed by atoms with van der Waals surface area (Å²) in [5, 5.41) is 19.2. The molecule has 1 amide bonds. The molecule has 0 aromatic heterocycles. The van der Waals surface area contributed by atoms with Gasteiger partial charge in [-0.1, -0.05) is 6.42 Å². The van der Waals surface area contributed by atoms with Crippen molar-refractivity contribution in [3.63, 3.8) is 0 Å². The molecule has 4 N–H and O–H groups in total. The number of aliphatic hydroxyl groups is 1. The minimum Gasteiger partial charge on any atom is -0.466 e. The Balaban J connectivity index is 1.13. The highest BCUT2D eigenvalue weighted by Crippen LogP contribution is 2.33. The van der Waals surface area contributed by atoms with Crippen molar-refractivity contribution in [1.82, 2.24) is 16.0 Å². The van der Waals surface area contributed by atoms with Crippen LogP contribution < -0.4 is 16.0 Å². The lowest BCUT2D eigenvalue weighted by molar-refractivity contribution is -0.145. The molecule has 0 aromatic rings. The molecule has 2 aliphatic heterocycles. The molecule has 32 heavy (non-hydrogen) atoms. The third-order valence-corrected chi connectivity index (χ3v) is 7.89. The molecule has 4 unspecified atom stereocenters. The molecule has 0 bridgehead atoms. The highest BCUT2D eigenvalue weighted by molar-refractivity contribution is 8.00. The summed E-state index contributed by atoms with van der Waals surface area (Å²) in [6.07, 6.45) is 5.20. The number of carbonyl (C=O) groups is 4. The molecule has 1 aliphatic carbocycles. The molecular formula is C22H35N3O6S. The fourth-order valence-corrected chi connectivity index (χ4v) is 6.14. The molecule has 0 radical (unpaired) electrons. The molecule has 3 fully saturated rings. The van der Waals surface area contributed by atoms with Crippen molar-refractivity contribution < 1.29 is 29.0 Å². The number of nitrogens with one attached hydrogen (secondary N) is 3. The number of thioether (sulfide) groups is 1. The lowest BCUT2D eigenvalue weighted by Gasteiger charge is -2.17. The second-order valence-corrected chi connectivity index (χ2v) is 10.1. The van der Waals surface area contributed by atoms with Gasteiger partial charge in [0.1, 0.15) is 11.6 Å². The summed E-state index contributed by atoms with van der Waals surface area (Å²) in [6, 6.07) is 0.587. The van der Waals surface area contributed by atoms with Gasteiger partial charge in [0.15, 0.2) is 6.35 Å². The van der Waals surface area contributed by atoms with Gasteiger partial charge in [0.05, 0.1) is 12.5 Å². The van der Waals surface area contributed by atoms with Crippen LogP contribution in [0.1, 0.15) is 64.2 Å². The van der Waals surface area contributed by atoms with Gasteiger partial charge in [0.2, 0.25) is 5.91 Å². The zero-order valence-electron chi connectivity index (χ0n) is 18.5. The van der Waals surface area contributed by atoms with E-state index in [9.17, 15) is 24.3 Å². The van der Waals surface area contributed by atoms with Crippen molar-refractivity contribution in [2.24, 2.45) is 5.92 Å². The monoisotopic (exact) mass is 469 g/mol. The third-order valence-electron chi connectivity index (χ3n) is 6.38. The molecule has 4 atom stereocenters. The van der Waals surface area contributed by atoms with Gasteiger partial charge in [0.25, 0.3) is 0 Å². The molecule has 3 aliphatic rings. The molecule has 180 valence electrons. The SMILES string of the molecule is O=C(CCCC1SCC2NC(O)NC21)NCCCCCC(=O)OCCC1C(=O)CCC1=O. The average molecular weight is 470 g/mol. The zero-order chi connectivity index (χ0) is 22.9. The third kappa shape index (κ3) is 7.54. The maximum Gasteiger partial charge on any atom is 0.305 e. The summed E-state index contributed by atoms with van der Waals surface area (Å²) < 4.78 is 5.13. The number of aliphatic hydroxyl groups excluding tert-OH is 1. The topological polar surface area (TPSA) is 134 Å². The molecule has 10 heteroatoms. The first-order valence-electron chi connectivity index (χ1n) is 11.7. The van der Waals surface area contributed by atoms with Crippen LogP contribution in [0.4, 0.5) is 0 Å². The summed E-state index contributed by atoms with van der Waals surface area (Å²) in [6.45, 7) is 0.714. The standard InChI is InChI=1S/C22H35N3O6S/c26-16-8-9-17(27)14(16)10-12-31-20(29)7-2-1-3-11-23-19(28)6-4-5-18-21-15(13-32-18)24-22(30)25-21/h14-15,18,21-22,24-25,30H,1-13H2,(H,23,28). The van der Waals surface area contributed by atoms with Gasteiger partial charge in [-0.25, -0.2) is 0 Å². The largest absolute Gasteiger partial charge is 0.466 e. The molecular weight excluding hydrogens is 434 g/mol. The fraction of sp³-hybridized carbons (Fsp3) is 0.818. The van der Waals surface area contributed by atoms with E-state index in [-0.39, 0.29) is 36.1 Å². The van der Waals surface area contributed by atoms with Crippen molar-refractivity contribution in [3.8, 4) is 0 Å². The van der Waals surface area contributed by atoms with E-state index in [2.05, 4.69) is 16.0 Å². The van der Waals surface area contributed by atoms with Crippen molar-refractivity contribution in [3.05, 3.63) is 0 Å². The second-order valence-electron chi connectivity index (χ2n) is 8.79. The van der Waals surface area contributed by atoms with Gasteiger partial charge in [0, 0.05) is 55.3 Å². The molecule has 2 heterocycles. The van der Waals surface area contributed by atoms with Gasteiger partial charge in [-0.15, -0.1) is 0 Å². The van der Waals surface area contributed by atoms with Crippen molar-refractivity contribution in [2.75, 3.05) is 18.9 Å². The summed E-state index contributed by atoms with van der Waals surface area (Å²) in [4.78, 5) is 46.8. The smallest absolute Gasteiger partial charge is 0.305 e. The first kappa shape index (κ1) is 25.1. The van der Waals surface area contributed by atoms with E-state index in [0.717, 1.165) is 31.4 Å².